The molecular formula is C15H22N2O3. The van der Waals surface area contributed by atoms with Crippen LogP contribution in [0.25, 0.3) is 0 Å². The molecule has 0 spiro atoms. The minimum atomic E-state index is -0.385. The average Bonchev–Trinajstić information content (AvgIpc) is 2.46. The lowest BCUT2D eigenvalue weighted by molar-refractivity contribution is -0.384. The van der Waals surface area contributed by atoms with Crippen molar-refractivity contribution in [3.05, 3.63) is 28.3 Å². The van der Waals surface area contributed by atoms with Crippen LogP contribution in [0.5, 0.6) is 5.75 Å². The molecule has 5 nitrogen and oxygen atoms in total. The van der Waals surface area contributed by atoms with Crippen LogP contribution in [0.1, 0.15) is 32.6 Å². The fourth-order valence-corrected chi connectivity index (χ4v) is 2.81. The lowest BCUT2D eigenvalue weighted by atomic mass is 9.83. The predicted octanol–water partition coefficient (Wildman–Crippen LogP) is 3.84. The summed E-state index contributed by atoms with van der Waals surface area (Å²) in [5.41, 5.74) is 0.576. The average molecular weight is 278 g/mol. The van der Waals surface area contributed by atoms with Gasteiger partial charge in [-0.1, -0.05) is 25.8 Å². The van der Waals surface area contributed by atoms with Gasteiger partial charge in [-0.15, -0.1) is 0 Å². The molecule has 5 heteroatoms. The first-order chi connectivity index (χ1) is 9.61. The van der Waals surface area contributed by atoms with Crippen molar-refractivity contribution in [1.82, 2.24) is 0 Å². The Hall–Kier alpha value is -1.78. The number of nitro benzene ring substituents is 1. The van der Waals surface area contributed by atoms with Gasteiger partial charge in [0.05, 0.1) is 12.0 Å². The molecule has 1 aromatic carbocycles. The van der Waals surface area contributed by atoms with E-state index in [-0.39, 0.29) is 10.6 Å². The minimum absolute atomic E-state index is 0.0270. The van der Waals surface area contributed by atoms with Gasteiger partial charge in [0.2, 0.25) is 0 Å². The summed E-state index contributed by atoms with van der Waals surface area (Å²) in [6, 6.07) is 5.13. The van der Waals surface area contributed by atoms with Crippen molar-refractivity contribution < 1.29 is 9.66 Å². The monoisotopic (exact) mass is 278 g/mol. The molecule has 0 radical (unpaired) electrons. The lowest BCUT2D eigenvalue weighted by Crippen LogP contribution is -2.20. The fourth-order valence-electron chi connectivity index (χ4n) is 2.81. The first kappa shape index (κ1) is 14.6. The molecule has 0 amide bonds. The van der Waals surface area contributed by atoms with Gasteiger partial charge in [-0.2, -0.15) is 0 Å². The van der Waals surface area contributed by atoms with Crippen LogP contribution in [0, 0.1) is 22.0 Å². The summed E-state index contributed by atoms with van der Waals surface area (Å²) < 4.78 is 5.07. The van der Waals surface area contributed by atoms with E-state index in [4.69, 9.17) is 4.74 Å². The molecule has 110 valence electrons. The van der Waals surface area contributed by atoms with Crippen molar-refractivity contribution in [2.24, 2.45) is 11.8 Å². The molecule has 2 rings (SSSR count). The molecule has 1 aliphatic carbocycles. The van der Waals surface area contributed by atoms with E-state index in [1.165, 1.54) is 32.8 Å². The zero-order chi connectivity index (χ0) is 14.5. The van der Waals surface area contributed by atoms with Gasteiger partial charge in [0.25, 0.3) is 0 Å². The number of rotatable bonds is 5. The summed E-state index contributed by atoms with van der Waals surface area (Å²) in [6.07, 6.45) is 4.91. The number of nitrogens with zero attached hydrogens (tertiary/aromatic N) is 1. The Bertz CT molecular complexity index is 468. The summed E-state index contributed by atoms with van der Waals surface area (Å²) in [4.78, 5) is 10.8. The molecule has 0 aromatic heterocycles. The smallest absolute Gasteiger partial charge is 0.333 e. The highest BCUT2D eigenvalue weighted by Gasteiger charge is 2.22. The number of nitro groups is 1. The molecule has 0 bridgehead atoms. The Morgan fingerprint density at radius 1 is 1.35 bits per heavy atom. The van der Waals surface area contributed by atoms with E-state index in [0.29, 0.717) is 17.4 Å². The third kappa shape index (κ3) is 3.40. The zero-order valence-corrected chi connectivity index (χ0v) is 12.1. The summed E-state index contributed by atoms with van der Waals surface area (Å²) in [7, 11) is 1.45. The second-order valence-electron chi connectivity index (χ2n) is 5.62. The van der Waals surface area contributed by atoms with Crippen molar-refractivity contribution in [1.29, 1.82) is 0 Å². The molecule has 1 aliphatic rings. The van der Waals surface area contributed by atoms with Crippen molar-refractivity contribution in [3.63, 3.8) is 0 Å². The van der Waals surface area contributed by atoms with Gasteiger partial charge in [-0.3, -0.25) is 10.1 Å². The Labute approximate surface area is 119 Å². The molecule has 0 saturated heterocycles. The molecule has 1 saturated carbocycles. The number of hydrogen-bond acceptors (Lipinski definition) is 4. The summed E-state index contributed by atoms with van der Waals surface area (Å²) >= 11 is 0. The maximum absolute atomic E-state index is 11.2. The van der Waals surface area contributed by atoms with E-state index >= 15 is 0 Å². The number of nitrogens with one attached hydrogen (secondary N) is 1. The predicted molar refractivity (Wildman–Crippen MR) is 79.3 cm³/mol. The van der Waals surface area contributed by atoms with Gasteiger partial charge in [0.1, 0.15) is 5.69 Å². The number of benzene rings is 1. The Morgan fingerprint density at radius 3 is 2.65 bits per heavy atom. The molecule has 1 aromatic rings. The van der Waals surface area contributed by atoms with E-state index in [2.05, 4.69) is 12.2 Å². The number of anilines is 1. The van der Waals surface area contributed by atoms with E-state index in [1.807, 2.05) is 0 Å². The second kappa shape index (κ2) is 6.59. The number of methoxy groups -OCH3 is 1. The van der Waals surface area contributed by atoms with Gasteiger partial charge >= 0.3 is 5.69 Å². The van der Waals surface area contributed by atoms with E-state index < -0.39 is 0 Å². The van der Waals surface area contributed by atoms with Crippen molar-refractivity contribution >= 4 is 11.4 Å². The summed E-state index contributed by atoms with van der Waals surface area (Å²) in [5.74, 6) is 1.73. The standard InChI is InChI=1S/C15H22N2O3/c1-11-6-8-12(9-7-11)10-16-13-4-3-5-14(20-2)15(13)17(18)19/h3-5,11-12,16H,6-10H2,1-2H3. The molecule has 1 N–H and O–H groups in total. The normalized spacial score (nSPS) is 22.3. The van der Waals surface area contributed by atoms with Gasteiger partial charge in [0, 0.05) is 6.54 Å². The van der Waals surface area contributed by atoms with Crippen LogP contribution in [0.3, 0.4) is 0 Å². The summed E-state index contributed by atoms with van der Waals surface area (Å²) in [6.45, 7) is 3.08. The van der Waals surface area contributed by atoms with Crippen LogP contribution >= 0.6 is 0 Å². The van der Waals surface area contributed by atoms with E-state index in [1.54, 1.807) is 18.2 Å². The molecule has 20 heavy (non-hydrogen) atoms. The molecule has 1 fully saturated rings. The van der Waals surface area contributed by atoms with Crippen molar-refractivity contribution in [3.8, 4) is 5.75 Å². The number of hydrogen-bond donors (Lipinski definition) is 1. The SMILES string of the molecule is COc1cccc(NCC2CCC(C)CC2)c1[N+](=O)[O-]. The number of para-hydroxylation sites is 1. The maximum atomic E-state index is 11.2. The highest BCUT2D eigenvalue weighted by molar-refractivity contribution is 5.68. The first-order valence-corrected chi connectivity index (χ1v) is 7.17. The van der Waals surface area contributed by atoms with Crippen molar-refractivity contribution in [2.45, 2.75) is 32.6 Å². The Kier molecular flexibility index (Phi) is 4.82. The third-order valence-electron chi connectivity index (χ3n) is 4.12. The van der Waals surface area contributed by atoms with Crippen LogP contribution in [-0.2, 0) is 0 Å². The van der Waals surface area contributed by atoms with Crippen LogP contribution in [0.4, 0.5) is 11.4 Å². The van der Waals surface area contributed by atoms with E-state index in [0.717, 1.165) is 12.5 Å². The van der Waals surface area contributed by atoms with Crippen LogP contribution in [-0.4, -0.2) is 18.6 Å². The minimum Gasteiger partial charge on any atom is -0.490 e. The number of ether oxygens (including phenoxy) is 1. The molecule has 0 unspecified atom stereocenters. The fraction of sp³-hybridized carbons (Fsp3) is 0.600. The zero-order valence-electron chi connectivity index (χ0n) is 12.1. The van der Waals surface area contributed by atoms with Gasteiger partial charge in [0.15, 0.2) is 5.75 Å². The Balaban J connectivity index is 2.04. The van der Waals surface area contributed by atoms with Gasteiger partial charge in [-0.25, -0.2) is 0 Å². The molecule has 0 atom stereocenters. The largest absolute Gasteiger partial charge is 0.490 e. The summed E-state index contributed by atoms with van der Waals surface area (Å²) in [5, 5.41) is 14.4. The quantitative estimate of drug-likeness (QED) is 0.656. The van der Waals surface area contributed by atoms with Crippen molar-refractivity contribution in [2.75, 3.05) is 19.0 Å². The molecule has 0 aliphatic heterocycles. The molecular weight excluding hydrogens is 256 g/mol. The third-order valence-corrected chi connectivity index (χ3v) is 4.12. The highest BCUT2D eigenvalue weighted by atomic mass is 16.6. The first-order valence-electron chi connectivity index (χ1n) is 7.17. The van der Waals surface area contributed by atoms with E-state index in [9.17, 15) is 10.1 Å². The Morgan fingerprint density at radius 2 is 2.05 bits per heavy atom. The second-order valence-corrected chi connectivity index (χ2v) is 5.62. The topological polar surface area (TPSA) is 64.4 Å². The highest BCUT2D eigenvalue weighted by Crippen LogP contribution is 2.35. The maximum Gasteiger partial charge on any atom is 0.333 e. The molecule has 0 heterocycles. The van der Waals surface area contributed by atoms with Crippen LogP contribution < -0.4 is 10.1 Å². The lowest BCUT2D eigenvalue weighted by Gasteiger charge is -2.26. The van der Waals surface area contributed by atoms with Crippen LogP contribution in [0.2, 0.25) is 0 Å². The van der Waals surface area contributed by atoms with Gasteiger partial charge < -0.3 is 10.1 Å². The van der Waals surface area contributed by atoms with Crippen LogP contribution in [0.15, 0.2) is 18.2 Å². The van der Waals surface area contributed by atoms with Gasteiger partial charge in [-0.05, 0) is 36.8 Å².